The van der Waals surface area contributed by atoms with Gasteiger partial charge in [0.05, 0.1) is 18.3 Å². The first-order chi connectivity index (χ1) is 18.8. The third-order valence-corrected chi connectivity index (χ3v) is 8.51. The van der Waals surface area contributed by atoms with Gasteiger partial charge in [0.15, 0.2) is 0 Å². The SMILES string of the molecule is C=CC(=O)N1c2ccccc2[C@@](C)(c2ccc3c(c2)C(C)=CC(C)(C)N3C(=O)c2ccc(OC)cc2)CC1(C)C. The summed E-state index contributed by atoms with van der Waals surface area (Å²) in [5, 5.41) is 0. The number of fused-ring (bicyclic) bond motifs is 2. The Kier molecular flexibility index (Phi) is 6.53. The molecule has 206 valence electrons. The van der Waals surface area contributed by atoms with Gasteiger partial charge in [-0.3, -0.25) is 14.5 Å². The number of nitrogens with zero attached hydrogens (tertiary/aromatic N) is 2. The number of benzene rings is 3. The van der Waals surface area contributed by atoms with Crippen LogP contribution in [0.4, 0.5) is 11.4 Å². The fourth-order valence-corrected chi connectivity index (χ4v) is 6.87. The first-order valence-electron chi connectivity index (χ1n) is 13.7. The van der Waals surface area contributed by atoms with Crippen molar-refractivity contribution in [1.82, 2.24) is 0 Å². The number of methoxy groups -OCH3 is 1. The second-order valence-corrected chi connectivity index (χ2v) is 12.3. The van der Waals surface area contributed by atoms with Crippen molar-refractivity contribution in [2.75, 3.05) is 16.9 Å². The van der Waals surface area contributed by atoms with Gasteiger partial charge in [-0.15, -0.1) is 0 Å². The van der Waals surface area contributed by atoms with Crippen LogP contribution in [0.15, 0.2) is 85.5 Å². The number of rotatable bonds is 4. The molecular formula is C35H38N2O3. The first-order valence-corrected chi connectivity index (χ1v) is 13.7. The molecule has 2 amide bonds. The van der Waals surface area contributed by atoms with Gasteiger partial charge in [0.1, 0.15) is 5.75 Å². The molecule has 2 aliphatic heterocycles. The van der Waals surface area contributed by atoms with Crippen LogP contribution in [-0.2, 0) is 10.2 Å². The van der Waals surface area contributed by atoms with Crippen molar-refractivity contribution in [2.24, 2.45) is 0 Å². The van der Waals surface area contributed by atoms with Gasteiger partial charge in [0.25, 0.3) is 11.8 Å². The molecule has 0 unspecified atom stereocenters. The maximum atomic E-state index is 13.9. The minimum atomic E-state index is -0.509. The molecule has 5 nitrogen and oxygen atoms in total. The van der Waals surface area contributed by atoms with E-state index in [1.54, 1.807) is 7.11 Å². The summed E-state index contributed by atoms with van der Waals surface area (Å²) < 4.78 is 5.29. The Morgan fingerprint density at radius 2 is 1.57 bits per heavy atom. The molecule has 3 aromatic carbocycles. The van der Waals surface area contributed by atoms with Crippen molar-refractivity contribution in [1.29, 1.82) is 0 Å². The maximum absolute atomic E-state index is 13.9. The molecule has 0 bridgehead atoms. The Morgan fingerprint density at radius 3 is 2.23 bits per heavy atom. The molecule has 5 heteroatoms. The summed E-state index contributed by atoms with van der Waals surface area (Å²) in [7, 11) is 1.62. The van der Waals surface area contributed by atoms with Crippen LogP contribution in [0.25, 0.3) is 5.57 Å². The van der Waals surface area contributed by atoms with E-state index in [4.69, 9.17) is 4.74 Å². The van der Waals surface area contributed by atoms with Crippen LogP contribution in [0.2, 0.25) is 0 Å². The van der Waals surface area contributed by atoms with Gasteiger partial charge in [0, 0.05) is 27.8 Å². The minimum Gasteiger partial charge on any atom is -0.497 e. The summed E-state index contributed by atoms with van der Waals surface area (Å²) in [5.41, 5.74) is 5.55. The van der Waals surface area contributed by atoms with Crippen molar-refractivity contribution in [2.45, 2.75) is 64.5 Å². The lowest BCUT2D eigenvalue weighted by Gasteiger charge is -2.51. The van der Waals surface area contributed by atoms with E-state index < -0.39 is 11.1 Å². The number of anilines is 2. The second-order valence-electron chi connectivity index (χ2n) is 12.3. The molecule has 0 radical (unpaired) electrons. The zero-order chi connectivity index (χ0) is 29.0. The molecule has 2 aliphatic rings. The smallest absolute Gasteiger partial charge is 0.259 e. The van der Waals surface area contributed by atoms with Crippen molar-refractivity contribution < 1.29 is 14.3 Å². The predicted molar refractivity (Wildman–Crippen MR) is 163 cm³/mol. The van der Waals surface area contributed by atoms with E-state index in [9.17, 15) is 9.59 Å². The quantitative estimate of drug-likeness (QED) is 0.325. The number of hydrogen-bond donors (Lipinski definition) is 0. The summed E-state index contributed by atoms with van der Waals surface area (Å²) in [4.78, 5) is 30.7. The zero-order valence-corrected chi connectivity index (χ0v) is 24.5. The van der Waals surface area contributed by atoms with E-state index >= 15 is 0 Å². The van der Waals surface area contributed by atoms with E-state index in [-0.39, 0.29) is 17.2 Å². The second kappa shape index (κ2) is 9.51. The molecule has 40 heavy (non-hydrogen) atoms. The number of ether oxygens (including phenoxy) is 1. The van der Waals surface area contributed by atoms with Crippen LogP contribution in [0.1, 0.15) is 75.0 Å². The third-order valence-electron chi connectivity index (χ3n) is 8.51. The van der Waals surface area contributed by atoms with Crippen LogP contribution in [0.5, 0.6) is 5.75 Å². The fraction of sp³-hybridized carbons (Fsp3) is 0.314. The van der Waals surface area contributed by atoms with Gasteiger partial charge < -0.3 is 9.64 Å². The molecule has 0 N–H and O–H groups in total. The van der Waals surface area contributed by atoms with Crippen LogP contribution < -0.4 is 14.5 Å². The Labute approximate surface area is 237 Å². The zero-order valence-electron chi connectivity index (χ0n) is 24.5. The Bertz CT molecular complexity index is 1550. The molecule has 0 aromatic heterocycles. The molecular weight excluding hydrogens is 496 g/mol. The highest BCUT2D eigenvalue weighted by Crippen LogP contribution is 2.52. The Morgan fingerprint density at radius 1 is 0.900 bits per heavy atom. The molecule has 0 saturated heterocycles. The van der Waals surface area contributed by atoms with E-state index in [1.165, 1.54) is 6.08 Å². The standard InChI is InChI=1S/C35H38N2O3/c1-9-31(38)36-30-13-11-10-12-28(30)35(7,22-34(36,5)6)25-16-19-29-27(20-25)23(2)21-33(3,4)37(29)32(39)24-14-17-26(40-8)18-15-24/h9-21H,1,22H2,2-8H3/t35-/m1/s1. The highest BCUT2D eigenvalue weighted by molar-refractivity contribution is 6.10. The average Bonchev–Trinajstić information content (AvgIpc) is 2.91. The van der Waals surface area contributed by atoms with Gasteiger partial charge in [0.2, 0.25) is 0 Å². The molecule has 2 heterocycles. The number of carbonyl (C=O) groups is 2. The lowest BCUT2D eigenvalue weighted by Crippen LogP contribution is -2.55. The fourth-order valence-electron chi connectivity index (χ4n) is 6.87. The monoisotopic (exact) mass is 534 g/mol. The maximum Gasteiger partial charge on any atom is 0.259 e. The number of amides is 2. The largest absolute Gasteiger partial charge is 0.497 e. The van der Waals surface area contributed by atoms with Gasteiger partial charge in [-0.1, -0.05) is 43.8 Å². The molecule has 0 fully saturated rings. The van der Waals surface area contributed by atoms with E-state index in [2.05, 4.69) is 78.5 Å². The predicted octanol–water partition coefficient (Wildman–Crippen LogP) is 7.54. The van der Waals surface area contributed by atoms with E-state index in [0.717, 1.165) is 40.1 Å². The van der Waals surface area contributed by atoms with E-state index in [0.29, 0.717) is 11.3 Å². The van der Waals surface area contributed by atoms with Gasteiger partial charge in [-0.2, -0.15) is 0 Å². The summed E-state index contributed by atoms with van der Waals surface area (Å²) in [6.45, 7) is 16.5. The molecule has 5 rings (SSSR count). The molecule has 0 aliphatic carbocycles. The summed E-state index contributed by atoms with van der Waals surface area (Å²) in [6.07, 6.45) is 4.30. The van der Waals surface area contributed by atoms with Crippen LogP contribution in [0, 0.1) is 0 Å². The Hall–Kier alpha value is -4.12. The topological polar surface area (TPSA) is 49.9 Å². The highest BCUT2D eigenvalue weighted by Gasteiger charge is 2.47. The van der Waals surface area contributed by atoms with E-state index in [1.807, 2.05) is 52.3 Å². The van der Waals surface area contributed by atoms with Crippen LogP contribution >= 0.6 is 0 Å². The lowest BCUT2D eigenvalue weighted by molar-refractivity contribution is -0.115. The molecule has 0 saturated carbocycles. The van der Waals surface area contributed by atoms with Crippen LogP contribution in [0.3, 0.4) is 0 Å². The van der Waals surface area contributed by atoms with Crippen molar-refractivity contribution >= 4 is 28.8 Å². The van der Waals surface area contributed by atoms with Gasteiger partial charge in [-0.05, 0) is 106 Å². The van der Waals surface area contributed by atoms with Crippen LogP contribution in [-0.4, -0.2) is 30.0 Å². The summed E-state index contributed by atoms with van der Waals surface area (Å²) >= 11 is 0. The first kappa shape index (κ1) is 27.4. The van der Waals surface area contributed by atoms with Gasteiger partial charge in [-0.25, -0.2) is 0 Å². The van der Waals surface area contributed by atoms with Crippen molar-refractivity contribution in [3.8, 4) is 5.75 Å². The minimum absolute atomic E-state index is 0.0562. The third kappa shape index (κ3) is 4.25. The number of allylic oxidation sites excluding steroid dienone is 1. The van der Waals surface area contributed by atoms with Crippen molar-refractivity contribution in [3.63, 3.8) is 0 Å². The number of hydrogen-bond acceptors (Lipinski definition) is 3. The molecule has 0 spiro atoms. The molecule has 3 aromatic rings. The van der Waals surface area contributed by atoms with Gasteiger partial charge >= 0.3 is 0 Å². The lowest BCUT2D eigenvalue weighted by atomic mass is 9.64. The summed E-state index contributed by atoms with van der Waals surface area (Å²) in [5.74, 6) is 0.561. The number of carbonyl (C=O) groups excluding carboxylic acids is 2. The normalized spacial score (nSPS) is 20.6. The Balaban J connectivity index is 1.64. The molecule has 1 atom stereocenters. The summed E-state index contributed by atoms with van der Waals surface area (Å²) in [6, 6.07) is 21.9. The average molecular weight is 535 g/mol. The number of para-hydroxylation sites is 1. The highest BCUT2D eigenvalue weighted by atomic mass is 16.5. The van der Waals surface area contributed by atoms with Crippen molar-refractivity contribution in [3.05, 3.63) is 108 Å².